The van der Waals surface area contributed by atoms with E-state index in [2.05, 4.69) is 19.2 Å². The average molecular weight is 233 g/mol. The summed E-state index contributed by atoms with van der Waals surface area (Å²) >= 11 is 0. The van der Waals surface area contributed by atoms with Gasteiger partial charge in [-0.15, -0.1) is 0 Å². The van der Waals surface area contributed by atoms with E-state index >= 15 is 0 Å². The minimum absolute atomic E-state index is 0.119. The van der Waals surface area contributed by atoms with Crippen LogP contribution in [0.25, 0.3) is 0 Å². The molecule has 2 heteroatoms. The van der Waals surface area contributed by atoms with Gasteiger partial charge in [0.15, 0.2) is 5.78 Å². The van der Waals surface area contributed by atoms with E-state index in [1.54, 1.807) is 6.92 Å². The number of carbonyl (C=O) groups is 1. The first-order valence-electron chi connectivity index (χ1n) is 6.44. The van der Waals surface area contributed by atoms with Crippen molar-refractivity contribution in [1.82, 2.24) is 0 Å². The van der Waals surface area contributed by atoms with Gasteiger partial charge in [-0.05, 0) is 43.5 Å². The molecule has 1 rings (SSSR count). The van der Waals surface area contributed by atoms with E-state index < -0.39 is 0 Å². The molecule has 0 aromatic heterocycles. The lowest BCUT2D eigenvalue weighted by molar-refractivity contribution is 0.101. The second-order valence-corrected chi connectivity index (χ2v) is 4.95. The number of Topliss-reactive ketones (excluding diaryl/α,β-unsaturated/α-hetero) is 1. The number of nitrogens with one attached hydrogen (secondary N) is 1. The molecule has 2 nitrogen and oxygen atoms in total. The molecule has 0 amide bonds. The summed E-state index contributed by atoms with van der Waals surface area (Å²) in [6.45, 7) is 7.11. The van der Waals surface area contributed by atoms with Crippen LogP contribution < -0.4 is 5.32 Å². The van der Waals surface area contributed by atoms with E-state index in [1.807, 2.05) is 24.3 Å². The van der Waals surface area contributed by atoms with Gasteiger partial charge in [0.25, 0.3) is 0 Å². The van der Waals surface area contributed by atoms with Gasteiger partial charge in [-0.2, -0.15) is 0 Å². The van der Waals surface area contributed by atoms with Crippen molar-refractivity contribution in [2.75, 3.05) is 11.9 Å². The Morgan fingerprint density at radius 3 is 2.35 bits per heavy atom. The molecule has 1 N–H and O–H groups in total. The number of unbranched alkanes of at least 4 members (excludes halogenated alkanes) is 1. The third kappa shape index (κ3) is 5.53. The van der Waals surface area contributed by atoms with Crippen LogP contribution in [0.4, 0.5) is 5.69 Å². The Labute approximate surface area is 104 Å². The first kappa shape index (κ1) is 13.8. The molecular formula is C15H23NO. The third-order valence-corrected chi connectivity index (χ3v) is 2.83. The standard InChI is InChI=1S/C15H23NO/c1-12(2)6-4-5-11-16-15-9-7-14(8-10-15)13(3)17/h7-10,12,16H,4-6,11H2,1-3H3. The minimum Gasteiger partial charge on any atom is -0.385 e. The van der Waals surface area contributed by atoms with E-state index in [0.717, 1.165) is 23.7 Å². The van der Waals surface area contributed by atoms with Crippen LogP contribution >= 0.6 is 0 Å². The molecule has 0 radical (unpaired) electrons. The number of rotatable bonds is 7. The smallest absolute Gasteiger partial charge is 0.159 e. The van der Waals surface area contributed by atoms with Crippen molar-refractivity contribution in [3.05, 3.63) is 29.8 Å². The van der Waals surface area contributed by atoms with Crippen LogP contribution in [-0.4, -0.2) is 12.3 Å². The molecule has 0 saturated carbocycles. The first-order chi connectivity index (χ1) is 8.09. The van der Waals surface area contributed by atoms with Crippen LogP contribution in [0.2, 0.25) is 0 Å². The molecular weight excluding hydrogens is 210 g/mol. The lowest BCUT2D eigenvalue weighted by atomic mass is 10.1. The fourth-order valence-electron chi connectivity index (χ4n) is 1.73. The second-order valence-electron chi connectivity index (χ2n) is 4.95. The maximum Gasteiger partial charge on any atom is 0.159 e. The van der Waals surface area contributed by atoms with Crippen molar-refractivity contribution in [2.24, 2.45) is 5.92 Å². The van der Waals surface area contributed by atoms with Gasteiger partial charge >= 0.3 is 0 Å². The van der Waals surface area contributed by atoms with Crippen molar-refractivity contribution < 1.29 is 4.79 Å². The van der Waals surface area contributed by atoms with Crippen LogP contribution in [0, 0.1) is 5.92 Å². The molecule has 0 saturated heterocycles. The van der Waals surface area contributed by atoms with E-state index in [1.165, 1.54) is 19.3 Å². The van der Waals surface area contributed by atoms with Gasteiger partial charge in [-0.3, -0.25) is 4.79 Å². The summed E-state index contributed by atoms with van der Waals surface area (Å²) < 4.78 is 0. The Morgan fingerprint density at radius 2 is 1.82 bits per heavy atom. The zero-order valence-corrected chi connectivity index (χ0v) is 11.1. The summed E-state index contributed by atoms with van der Waals surface area (Å²) in [4.78, 5) is 11.1. The molecule has 0 unspecified atom stereocenters. The van der Waals surface area contributed by atoms with Crippen LogP contribution in [0.15, 0.2) is 24.3 Å². The lowest BCUT2D eigenvalue weighted by Gasteiger charge is -2.07. The molecule has 17 heavy (non-hydrogen) atoms. The summed E-state index contributed by atoms with van der Waals surface area (Å²) in [6.07, 6.45) is 3.77. The zero-order chi connectivity index (χ0) is 12.7. The highest BCUT2D eigenvalue weighted by atomic mass is 16.1. The number of anilines is 1. The van der Waals surface area contributed by atoms with Gasteiger partial charge in [-0.1, -0.05) is 26.7 Å². The molecule has 0 fully saturated rings. The summed E-state index contributed by atoms with van der Waals surface area (Å²) in [6, 6.07) is 7.69. The predicted octanol–water partition coefficient (Wildman–Crippen LogP) is 4.13. The van der Waals surface area contributed by atoms with Crippen LogP contribution in [0.5, 0.6) is 0 Å². The molecule has 0 spiro atoms. The lowest BCUT2D eigenvalue weighted by Crippen LogP contribution is -2.02. The van der Waals surface area contributed by atoms with Crippen molar-refractivity contribution in [3.8, 4) is 0 Å². The van der Waals surface area contributed by atoms with Gasteiger partial charge in [-0.25, -0.2) is 0 Å². The number of carbonyl (C=O) groups excluding carboxylic acids is 1. The summed E-state index contributed by atoms with van der Waals surface area (Å²) in [5.74, 6) is 0.915. The van der Waals surface area contributed by atoms with Crippen molar-refractivity contribution in [3.63, 3.8) is 0 Å². The van der Waals surface area contributed by atoms with Gasteiger partial charge < -0.3 is 5.32 Å². The van der Waals surface area contributed by atoms with E-state index in [-0.39, 0.29) is 5.78 Å². The Hall–Kier alpha value is -1.31. The number of hydrogen-bond acceptors (Lipinski definition) is 2. The fraction of sp³-hybridized carbons (Fsp3) is 0.533. The van der Waals surface area contributed by atoms with Crippen LogP contribution in [-0.2, 0) is 0 Å². The topological polar surface area (TPSA) is 29.1 Å². The monoisotopic (exact) mass is 233 g/mol. The van der Waals surface area contributed by atoms with Gasteiger partial charge in [0.2, 0.25) is 0 Å². The molecule has 0 atom stereocenters. The highest BCUT2D eigenvalue weighted by molar-refractivity contribution is 5.94. The Kier molecular flexibility index (Phi) is 5.75. The van der Waals surface area contributed by atoms with Crippen molar-refractivity contribution in [2.45, 2.75) is 40.0 Å². The third-order valence-electron chi connectivity index (χ3n) is 2.83. The highest BCUT2D eigenvalue weighted by Crippen LogP contribution is 2.11. The Balaban J connectivity index is 2.25. The number of ketones is 1. The molecule has 0 aliphatic carbocycles. The van der Waals surface area contributed by atoms with E-state index in [9.17, 15) is 4.79 Å². The number of hydrogen-bond donors (Lipinski definition) is 1. The summed E-state index contributed by atoms with van der Waals surface area (Å²) in [5.41, 5.74) is 1.87. The first-order valence-corrected chi connectivity index (χ1v) is 6.44. The van der Waals surface area contributed by atoms with Gasteiger partial charge in [0.1, 0.15) is 0 Å². The molecule has 1 aromatic rings. The minimum atomic E-state index is 0.119. The van der Waals surface area contributed by atoms with E-state index in [4.69, 9.17) is 0 Å². The second kappa shape index (κ2) is 7.10. The van der Waals surface area contributed by atoms with Crippen LogP contribution in [0.1, 0.15) is 50.4 Å². The maximum absolute atomic E-state index is 11.1. The zero-order valence-electron chi connectivity index (χ0n) is 11.1. The van der Waals surface area contributed by atoms with Gasteiger partial charge in [0.05, 0.1) is 0 Å². The summed E-state index contributed by atoms with van der Waals surface area (Å²) in [5, 5.41) is 3.37. The van der Waals surface area contributed by atoms with Gasteiger partial charge in [0, 0.05) is 17.8 Å². The van der Waals surface area contributed by atoms with Crippen LogP contribution in [0.3, 0.4) is 0 Å². The van der Waals surface area contributed by atoms with Crippen molar-refractivity contribution >= 4 is 11.5 Å². The quantitative estimate of drug-likeness (QED) is 0.567. The predicted molar refractivity (Wildman–Crippen MR) is 73.6 cm³/mol. The van der Waals surface area contributed by atoms with Crippen molar-refractivity contribution in [1.29, 1.82) is 0 Å². The molecule has 94 valence electrons. The number of benzene rings is 1. The Morgan fingerprint density at radius 1 is 1.18 bits per heavy atom. The Bertz CT molecular complexity index is 340. The highest BCUT2D eigenvalue weighted by Gasteiger charge is 1.98. The molecule has 0 heterocycles. The average Bonchev–Trinajstić information content (AvgIpc) is 2.29. The summed E-state index contributed by atoms with van der Waals surface area (Å²) in [7, 11) is 0. The fourth-order valence-corrected chi connectivity index (χ4v) is 1.73. The SMILES string of the molecule is CC(=O)c1ccc(NCCCCC(C)C)cc1. The maximum atomic E-state index is 11.1. The normalized spacial score (nSPS) is 10.6. The molecule has 0 bridgehead atoms. The molecule has 0 aliphatic heterocycles. The van der Waals surface area contributed by atoms with E-state index in [0.29, 0.717) is 0 Å². The molecule has 1 aromatic carbocycles. The molecule has 0 aliphatic rings. The largest absolute Gasteiger partial charge is 0.385 e.